The number of aromatic nitrogens is 4. The van der Waals surface area contributed by atoms with Gasteiger partial charge in [0.2, 0.25) is 5.91 Å². The van der Waals surface area contributed by atoms with Crippen molar-refractivity contribution < 1.29 is 4.79 Å². The topological polar surface area (TPSA) is 80.7 Å². The van der Waals surface area contributed by atoms with Gasteiger partial charge in [0.15, 0.2) is 10.8 Å². The van der Waals surface area contributed by atoms with Crippen molar-refractivity contribution in [3.63, 3.8) is 0 Å². The normalized spacial score (nSPS) is 10.5. The minimum atomic E-state index is -0.328. The second-order valence-corrected chi connectivity index (χ2v) is 5.87. The molecule has 0 fully saturated rings. The Morgan fingerprint density at radius 3 is 2.48 bits per heavy atom. The zero-order chi connectivity index (χ0) is 14.7. The van der Waals surface area contributed by atoms with Crippen molar-refractivity contribution in [2.75, 3.05) is 11.2 Å². The highest BCUT2D eigenvalue weighted by molar-refractivity contribution is 7.13. The van der Waals surface area contributed by atoms with Crippen molar-refractivity contribution in [2.24, 2.45) is 0 Å². The maximum absolute atomic E-state index is 11.4. The summed E-state index contributed by atoms with van der Waals surface area (Å²) in [4.78, 5) is 28.6. The number of hydrogen-bond acceptors (Lipinski definition) is 7. The first kappa shape index (κ1) is 14.1. The maximum atomic E-state index is 11.4. The van der Waals surface area contributed by atoms with Gasteiger partial charge in [0, 0.05) is 29.2 Å². The molecule has 0 bridgehead atoms. The highest BCUT2D eigenvalue weighted by atomic mass is 35.5. The van der Waals surface area contributed by atoms with E-state index in [1.165, 1.54) is 22.7 Å². The first-order valence-corrected chi connectivity index (χ1v) is 8.10. The second-order valence-electron chi connectivity index (χ2n) is 3.82. The lowest BCUT2D eigenvalue weighted by Gasteiger charge is -2.06. The van der Waals surface area contributed by atoms with Crippen LogP contribution in [0.4, 0.5) is 5.82 Å². The van der Waals surface area contributed by atoms with Gasteiger partial charge in [-0.3, -0.25) is 4.79 Å². The molecule has 0 aliphatic heterocycles. The van der Waals surface area contributed by atoms with Crippen molar-refractivity contribution in [1.29, 1.82) is 0 Å². The van der Waals surface area contributed by atoms with Gasteiger partial charge in [0.1, 0.15) is 22.4 Å². The molecule has 106 valence electrons. The Bertz CT molecular complexity index is 693. The van der Waals surface area contributed by atoms with Crippen LogP contribution in [0, 0.1) is 0 Å². The number of carbonyl (C=O) groups excluding carboxylic acids is 1. The van der Waals surface area contributed by atoms with Gasteiger partial charge in [-0.15, -0.1) is 34.3 Å². The molecule has 0 unspecified atom stereocenters. The number of amides is 1. The van der Waals surface area contributed by atoms with Crippen molar-refractivity contribution in [2.45, 2.75) is 0 Å². The summed E-state index contributed by atoms with van der Waals surface area (Å²) < 4.78 is 0. The van der Waals surface area contributed by atoms with Gasteiger partial charge < -0.3 is 5.32 Å². The monoisotopic (exact) mass is 337 g/mol. The number of nitrogens with zero attached hydrogens (tertiary/aromatic N) is 4. The van der Waals surface area contributed by atoms with Crippen LogP contribution >= 0.6 is 34.3 Å². The van der Waals surface area contributed by atoms with E-state index >= 15 is 0 Å². The largest absolute Gasteiger partial charge is 0.310 e. The van der Waals surface area contributed by atoms with Crippen LogP contribution in [0.25, 0.3) is 21.5 Å². The third-order valence-corrected chi connectivity index (χ3v) is 4.20. The van der Waals surface area contributed by atoms with Crippen molar-refractivity contribution in [1.82, 2.24) is 19.9 Å². The van der Waals surface area contributed by atoms with Crippen LogP contribution in [-0.4, -0.2) is 31.7 Å². The van der Waals surface area contributed by atoms with E-state index in [9.17, 15) is 4.79 Å². The molecule has 0 radical (unpaired) electrons. The number of nitrogens with one attached hydrogen (secondary N) is 1. The Balaban J connectivity index is 2.06. The van der Waals surface area contributed by atoms with Crippen LogP contribution in [0.1, 0.15) is 0 Å². The molecular weight excluding hydrogens is 330 g/mol. The first-order chi connectivity index (χ1) is 10.3. The molecule has 3 heterocycles. The van der Waals surface area contributed by atoms with Gasteiger partial charge in [0.05, 0.1) is 0 Å². The molecule has 0 saturated heterocycles. The number of halogens is 1. The first-order valence-electron chi connectivity index (χ1n) is 5.81. The summed E-state index contributed by atoms with van der Waals surface area (Å²) in [6.07, 6.45) is 3.37. The Hall–Kier alpha value is -1.90. The fraction of sp³-hybridized carbons (Fsp3) is 0.0833. The molecule has 3 aromatic rings. The van der Waals surface area contributed by atoms with Crippen molar-refractivity contribution in [3.8, 4) is 21.5 Å². The predicted octanol–water partition coefficient (Wildman–Crippen LogP) is 2.90. The number of thiazole rings is 2. The van der Waals surface area contributed by atoms with Crippen LogP contribution in [0.2, 0.25) is 0 Å². The fourth-order valence-electron chi connectivity index (χ4n) is 1.58. The van der Waals surface area contributed by atoms with Crippen LogP contribution in [-0.2, 0) is 4.79 Å². The number of anilines is 1. The minimum Gasteiger partial charge on any atom is -0.310 e. The minimum absolute atomic E-state index is 0.136. The van der Waals surface area contributed by atoms with Crippen LogP contribution < -0.4 is 5.32 Å². The summed E-state index contributed by atoms with van der Waals surface area (Å²) in [5.74, 6) is 0.363. The summed E-state index contributed by atoms with van der Waals surface area (Å²) in [7, 11) is 0. The summed E-state index contributed by atoms with van der Waals surface area (Å²) in [6.45, 7) is 0. The van der Waals surface area contributed by atoms with E-state index in [4.69, 9.17) is 11.6 Å². The van der Waals surface area contributed by atoms with Crippen molar-refractivity contribution >= 4 is 46.0 Å². The highest BCUT2D eigenvalue weighted by Crippen LogP contribution is 2.26. The Kier molecular flexibility index (Phi) is 4.18. The average molecular weight is 338 g/mol. The number of alkyl halides is 1. The van der Waals surface area contributed by atoms with E-state index in [-0.39, 0.29) is 11.8 Å². The predicted molar refractivity (Wildman–Crippen MR) is 83.6 cm³/mol. The molecular formula is C12H8ClN5OS2. The molecule has 0 spiro atoms. The summed E-state index contributed by atoms with van der Waals surface area (Å²) in [5.41, 5.74) is 0.634. The molecule has 0 saturated carbocycles. The van der Waals surface area contributed by atoms with E-state index < -0.39 is 0 Å². The SMILES string of the molecule is O=C(CCl)Nc1cc(-c2nccs2)nc(-c2nccs2)n1. The zero-order valence-electron chi connectivity index (χ0n) is 10.5. The van der Waals surface area contributed by atoms with Gasteiger partial charge in [-0.1, -0.05) is 0 Å². The lowest BCUT2D eigenvalue weighted by molar-refractivity contribution is -0.113. The van der Waals surface area contributed by atoms with E-state index in [2.05, 4.69) is 25.3 Å². The molecule has 21 heavy (non-hydrogen) atoms. The molecule has 3 aromatic heterocycles. The Labute approximate surface area is 132 Å². The van der Waals surface area contributed by atoms with Crippen LogP contribution in [0.15, 0.2) is 29.2 Å². The average Bonchev–Trinajstić information content (AvgIpc) is 3.20. The molecule has 0 aliphatic carbocycles. The van der Waals surface area contributed by atoms with Gasteiger partial charge in [0.25, 0.3) is 0 Å². The van der Waals surface area contributed by atoms with Gasteiger partial charge in [-0.25, -0.2) is 19.9 Å². The van der Waals surface area contributed by atoms with Crippen LogP contribution in [0.5, 0.6) is 0 Å². The molecule has 1 amide bonds. The number of carbonyl (C=O) groups is 1. The molecule has 6 nitrogen and oxygen atoms in total. The quantitative estimate of drug-likeness (QED) is 0.740. The molecule has 0 aliphatic rings. The van der Waals surface area contributed by atoms with Crippen molar-refractivity contribution in [3.05, 3.63) is 29.2 Å². The molecule has 0 aromatic carbocycles. The highest BCUT2D eigenvalue weighted by Gasteiger charge is 2.13. The van der Waals surface area contributed by atoms with E-state index in [1.54, 1.807) is 18.5 Å². The smallest absolute Gasteiger partial charge is 0.240 e. The Morgan fingerprint density at radius 1 is 1.14 bits per heavy atom. The molecule has 1 N–H and O–H groups in total. The van der Waals surface area contributed by atoms with E-state index in [0.717, 1.165) is 5.01 Å². The third kappa shape index (κ3) is 3.23. The lowest BCUT2D eigenvalue weighted by atomic mass is 10.3. The standard InChI is InChI=1S/C12H8ClN5OS2/c13-6-9(19)17-8-5-7(11-14-1-3-20-11)16-10(18-8)12-15-2-4-21-12/h1-5H,6H2,(H,16,17,18,19). The lowest BCUT2D eigenvalue weighted by Crippen LogP contribution is -2.14. The third-order valence-electron chi connectivity index (χ3n) is 2.39. The molecule has 3 rings (SSSR count). The van der Waals surface area contributed by atoms with Gasteiger partial charge >= 0.3 is 0 Å². The van der Waals surface area contributed by atoms with Gasteiger partial charge in [-0.2, -0.15) is 0 Å². The van der Waals surface area contributed by atoms with Crippen LogP contribution in [0.3, 0.4) is 0 Å². The fourth-order valence-corrected chi connectivity index (χ4v) is 2.81. The number of hydrogen-bond donors (Lipinski definition) is 1. The Morgan fingerprint density at radius 2 is 1.86 bits per heavy atom. The summed E-state index contributed by atoms with van der Waals surface area (Å²) in [5, 5.41) is 7.75. The van der Waals surface area contributed by atoms with E-state index in [0.29, 0.717) is 22.3 Å². The molecule has 9 heteroatoms. The van der Waals surface area contributed by atoms with E-state index in [1.807, 2.05) is 10.8 Å². The molecule has 0 atom stereocenters. The van der Waals surface area contributed by atoms with Gasteiger partial charge in [-0.05, 0) is 0 Å². The summed E-state index contributed by atoms with van der Waals surface area (Å²) >= 11 is 8.39. The second kappa shape index (κ2) is 6.25. The zero-order valence-corrected chi connectivity index (χ0v) is 12.9. The summed E-state index contributed by atoms with van der Waals surface area (Å²) in [6, 6.07) is 1.67. The maximum Gasteiger partial charge on any atom is 0.240 e. The number of rotatable bonds is 4.